The van der Waals surface area contributed by atoms with Crippen LogP contribution >= 0.6 is 0 Å². The molecule has 0 aliphatic heterocycles. The minimum atomic E-state index is 0.456. The topological polar surface area (TPSA) is 21.3 Å². The molecule has 17 heavy (non-hydrogen) atoms. The average molecular weight is 239 g/mol. The molecule has 0 aromatic carbocycles. The molecule has 2 nitrogen and oxygen atoms in total. The molecule has 2 heteroatoms. The molecule has 2 fully saturated rings. The number of methoxy groups -OCH3 is 1. The summed E-state index contributed by atoms with van der Waals surface area (Å²) in [5.41, 5.74) is 0. The van der Waals surface area contributed by atoms with Gasteiger partial charge in [0.25, 0.3) is 0 Å². The van der Waals surface area contributed by atoms with Crippen molar-refractivity contribution in [3.63, 3.8) is 0 Å². The number of hydrogen-bond acceptors (Lipinski definition) is 2. The summed E-state index contributed by atoms with van der Waals surface area (Å²) in [6, 6.07) is 0.581. The van der Waals surface area contributed by atoms with Crippen LogP contribution in [-0.2, 0) is 4.74 Å². The van der Waals surface area contributed by atoms with E-state index in [4.69, 9.17) is 4.74 Å². The van der Waals surface area contributed by atoms with Crippen LogP contribution in [0.15, 0.2) is 0 Å². The number of rotatable bonds is 6. The van der Waals surface area contributed by atoms with Crippen LogP contribution in [0.4, 0.5) is 0 Å². The van der Waals surface area contributed by atoms with E-state index in [0.29, 0.717) is 12.1 Å². The van der Waals surface area contributed by atoms with Crippen molar-refractivity contribution in [2.45, 2.75) is 64.0 Å². The highest BCUT2D eigenvalue weighted by Gasteiger charge is 2.41. The minimum Gasteiger partial charge on any atom is -0.380 e. The lowest BCUT2D eigenvalue weighted by Gasteiger charge is -2.40. The number of hydrogen-bond donors (Lipinski definition) is 1. The Morgan fingerprint density at radius 3 is 2.41 bits per heavy atom. The van der Waals surface area contributed by atoms with E-state index in [1.54, 1.807) is 0 Å². The first-order valence-corrected chi connectivity index (χ1v) is 7.51. The van der Waals surface area contributed by atoms with Gasteiger partial charge in [0, 0.05) is 13.2 Å². The highest BCUT2D eigenvalue weighted by Crippen LogP contribution is 2.42. The van der Waals surface area contributed by atoms with Crippen LogP contribution < -0.4 is 5.32 Å². The van der Waals surface area contributed by atoms with Gasteiger partial charge in [-0.3, -0.25) is 0 Å². The molecule has 4 atom stereocenters. The molecule has 2 saturated carbocycles. The maximum atomic E-state index is 5.81. The van der Waals surface area contributed by atoms with E-state index < -0.39 is 0 Å². The quantitative estimate of drug-likeness (QED) is 0.768. The Balaban J connectivity index is 2.03. The standard InChI is InChI=1S/C15H29NO/c1-4-11-7-5-6-8-13(11)14(16-2)15(17-3)12-9-10-12/h11-16H,4-10H2,1-3H3. The summed E-state index contributed by atoms with van der Waals surface area (Å²) < 4.78 is 5.81. The first kappa shape index (κ1) is 13.4. The van der Waals surface area contributed by atoms with Crippen molar-refractivity contribution < 1.29 is 4.74 Å². The maximum absolute atomic E-state index is 5.81. The first-order chi connectivity index (χ1) is 8.31. The fraction of sp³-hybridized carbons (Fsp3) is 1.00. The Morgan fingerprint density at radius 1 is 1.18 bits per heavy atom. The summed E-state index contributed by atoms with van der Waals surface area (Å²) in [4.78, 5) is 0. The smallest absolute Gasteiger partial charge is 0.0755 e. The fourth-order valence-electron chi connectivity index (χ4n) is 3.90. The van der Waals surface area contributed by atoms with Crippen LogP contribution in [0.25, 0.3) is 0 Å². The number of nitrogens with one attached hydrogen (secondary N) is 1. The number of likely N-dealkylation sites (N-methyl/N-ethyl adjacent to an activating group) is 1. The zero-order valence-electron chi connectivity index (χ0n) is 11.7. The monoisotopic (exact) mass is 239 g/mol. The summed E-state index contributed by atoms with van der Waals surface area (Å²) in [5, 5.41) is 3.58. The molecule has 100 valence electrons. The zero-order valence-corrected chi connectivity index (χ0v) is 11.7. The average Bonchev–Trinajstić information content (AvgIpc) is 3.20. The van der Waals surface area contributed by atoms with Gasteiger partial charge in [-0.05, 0) is 44.1 Å². The van der Waals surface area contributed by atoms with Crippen LogP contribution in [0.5, 0.6) is 0 Å². The highest BCUT2D eigenvalue weighted by atomic mass is 16.5. The molecular weight excluding hydrogens is 210 g/mol. The van der Waals surface area contributed by atoms with Gasteiger partial charge in [-0.15, -0.1) is 0 Å². The maximum Gasteiger partial charge on any atom is 0.0755 e. The van der Waals surface area contributed by atoms with Crippen molar-refractivity contribution in [1.82, 2.24) is 5.32 Å². The lowest BCUT2D eigenvalue weighted by atomic mass is 9.72. The van der Waals surface area contributed by atoms with Crippen molar-refractivity contribution in [1.29, 1.82) is 0 Å². The molecule has 0 radical (unpaired) electrons. The summed E-state index contributed by atoms with van der Waals surface area (Å²) in [7, 11) is 4.03. The predicted molar refractivity (Wildman–Crippen MR) is 72.1 cm³/mol. The summed E-state index contributed by atoms with van der Waals surface area (Å²) in [6.07, 6.45) is 10.2. The van der Waals surface area contributed by atoms with E-state index in [0.717, 1.165) is 17.8 Å². The molecule has 0 bridgehead atoms. The Bertz CT molecular complexity index is 227. The second-order valence-electron chi connectivity index (χ2n) is 5.97. The van der Waals surface area contributed by atoms with Crippen LogP contribution in [-0.4, -0.2) is 26.3 Å². The summed E-state index contributed by atoms with van der Waals surface area (Å²) in [5.74, 6) is 2.58. The lowest BCUT2D eigenvalue weighted by molar-refractivity contribution is 0.0122. The zero-order chi connectivity index (χ0) is 12.3. The van der Waals surface area contributed by atoms with E-state index in [-0.39, 0.29) is 0 Å². The third-order valence-electron chi connectivity index (χ3n) is 5.00. The van der Waals surface area contributed by atoms with Gasteiger partial charge in [-0.2, -0.15) is 0 Å². The Hall–Kier alpha value is -0.0800. The molecule has 2 aliphatic carbocycles. The molecule has 0 heterocycles. The Morgan fingerprint density at radius 2 is 1.88 bits per heavy atom. The van der Waals surface area contributed by atoms with Gasteiger partial charge in [0.2, 0.25) is 0 Å². The third-order valence-corrected chi connectivity index (χ3v) is 5.00. The van der Waals surface area contributed by atoms with Crippen molar-refractivity contribution in [2.75, 3.05) is 14.2 Å². The second kappa shape index (κ2) is 6.19. The highest BCUT2D eigenvalue weighted by molar-refractivity contribution is 4.95. The minimum absolute atomic E-state index is 0.456. The van der Waals surface area contributed by atoms with E-state index in [9.17, 15) is 0 Å². The van der Waals surface area contributed by atoms with Gasteiger partial charge in [-0.25, -0.2) is 0 Å². The number of ether oxygens (including phenoxy) is 1. The fourth-order valence-corrected chi connectivity index (χ4v) is 3.90. The predicted octanol–water partition coefficient (Wildman–Crippen LogP) is 3.22. The lowest BCUT2D eigenvalue weighted by Crippen LogP contribution is -2.49. The molecule has 4 unspecified atom stereocenters. The Labute approximate surface area is 107 Å². The van der Waals surface area contributed by atoms with Gasteiger partial charge >= 0.3 is 0 Å². The molecule has 2 rings (SSSR count). The van der Waals surface area contributed by atoms with Crippen LogP contribution in [0.1, 0.15) is 51.9 Å². The van der Waals surface area contributed by atoms with Crippen LogP contribution in [0, 0.1) is 17.8 Å². The van der Waals surface area contributed by atoms with Gasteiger partial charge < -0.3 is 10.1 Å². The van der Waals surface area contributed by atoms with Crippen LogP contribution in [0.2, 0.25) is 0 Å². The van der Waals surface area contributed by atoms with E-state index in [1.807, 2.05) is 7.11 Å². The van der Waals surface area contributed by atoms with Crippen molar-refractivity contribution in [3.8, 4) is 0 Å². The molecule has 1 N–H and O–H groups in total. The molecule has 0 spiro atoms. The first-order valence-electron chi connectivity index (χ1n) is 7.51. The molecule has 0 amide bonds. The van der Waals surface area contributed by atoms with Gasteiger partial charge in [0.1, 0.15) is 0 Å². The van der Waals surface area contributed by atoms with Crippen molar-refractivity contribution >= 4 is 0 Å². The molecule has 0 aromatic heterocycles. The molecule has 2 aliphatic rings. The Kier molecular flexibility index (Phi) is 4.87. The van der Waals surface area contributed by atoms with Crippen molar-refractivity contribution in [3.05, 3.63) is 0 Å². The SMILES string of the molecule is CCC1CCCCC1C(NC)C(OC)C1CC1. The van der Waals surface area contributed by atoms with Crippen molar-refractivity contribution in [2.24, 2.45) is 17.8 Å². The molecule has 0 saturated heterocycles. The molecule has 0 aromatic rings. The van der Waals surface area contributed by atoms with E-state index in [2.05, 4.69) is 19.3 Å². The van der Waals surface area contributed by atoms with E-state index in [1.165, 1.54) is 44.9 Å². The molecular formula is C15H29NO. The second-order valence-corrected chi connectivity index (χ2v) is 5.97. The van der Waals surface area contributed by atoms with E-state index >= 15 is 0 Å². The van der Waals surface area contributed by atoms with Gasteiger partial charge in [0.15, 0.2) is 0 Å². The third kappa shape index (κ3) is 3.03. The van der Waals surface area contributed by atoms with Gasteiger partial charge in [0.05, 0.1) is 6.10 Å². The van der Waals surface area contributed by atoms with Gasteiger partial charge in [-0.1, -0.05) is 32.6 Å². The van der Waals surface area contributed by atoms with Crippen LogP contribution in [0.3, 0.4) is 0 Å². The normalized spacial score (nSPS) is 33.4. The largest absolute Gasteiger partial charge is 0.380 e. The summed E-state index contributed by atoms with van der Waals surface area (Å²) in [6.45, 7) is 2.36. The summed E-state index contributed by atoms with van der Waals surface area (Å²) >= 11 is 0.